The standard InChI is InChI=1S/C14H27N3O2/c1-15-6-5-13-4-2-3-7-17(13)12-14(18)16-8-10-19-11-9-16/h13,15H,2-12H2,1H3. The summed E-state index contributed by atoms with van der Waals surface area (Å²) < 4.78 is 5.30. The number of amides is 1. The first-order valence-corrected chi connectivity index (χ1v) is 7.55. The van der Waals surface area contributed by atoms with E-state index >= 15 is 0 Å². The van der Waals surface area contributed by atoms with Crippen molar-refractivity contribution in [3.05, 3.63) is 0 Å². The summed E-state index contributed by atoms with van der Waals surface area (Å²) in [5.41, 5.74) is 0. The molecular formula is C14H27N3O2. The Morgan fingerprint density at radius 3 is 2.79 bits per heavy atom. The molecule has 1 atom stereocenters. The van der Waals surface area contributed by atoms with E-state index in [1.165, 1.54) is 19.3 Å². The molecule has 5 nitrogen and oxygen atoms in total. The van der Waals surface area contributed by atoms with Gasteiger partial charge in [-0.15, -0.1) is 0 Å². The Hall–Kier alpha value is -0.650. The van der Waals surface area contributed by atoms with Crippen LogP contribution in [0.3, 0.4) is 0 Å². The van der Waals surface area contributed by atoms with Gasteiger partial charge in [0.25, 0.3) is 0 Å². The fraction of sp³-hybridized carbons (Fsp3) is 0.929. The Labute approximate surface area is 116 Å². The molecule has 2 rings (SSSR count). The molecule has 19 heavy (non-hydrogen) atoms. The minimum Gasteiger partial charge on any atom is -0.378 e. The molecule has 0 spiro atoms. The molecule has 2 fully saturated rings. The van der Waals surface area contributed by atoms with Crippen LogP contribution in [0.1, 0.15) is 25.7 Å². The molecule has 0 aromatic heterocycles. The maximum absolute atomic E-state index is 12.3. The first-order chi connectivity index (χ1) is 9.31. The van der Waals surface area contributed by atoms with Crippen LogP contribution in [-0.4, -0.2) is 74.7 Å². The van der Waals surface area contributed by atoms with Gasteiger partial charge in [0.1, 0.15) is 0 Å². The van der Waals surface area contributed by atoms with Gasteiger partial charge in [-0.3, -0.25) is 9.69 Å². The van der Waals surface area contributed by atoms with E-state index in [-0.39, 0.29) is 5.91 Å². The molecule has 0 bridgehead atoms. The number of carbonyl (C=O) groups excluding carboxylic acids is 1. The Kier molecular flexibility index (Phi) is 6.07. The molecule has 2 aliphatic heterocycles. The SMILES string of the molecule is CNCCC1CCCCN1CC(=O)N1CCOCC1. The number of likely N-dealkylation sites (tertiary alicyclic amines) is 1. The number of nitrogens with zero attached hydrogens (tertiary/aromatic N) is 2. The van der Waals surface area contributed by atoms with Crippen LogP contribution in [0.25, 0.3) is 0 Å². The summed E-state index contributed by atoms with van der Waals surface area (Å²) in [6.45, 7) is 5.59. The van der Waals surface area contributed by atoms with Crippen molar-refractivity contribution in [2.24, 2.45) is 0 Å². The van der Waals surface area contributed by atoms with E-state index in [2.05, 4.69) is 10.2 Å². The number of piperidine rings is 1. The van der Waals surface area contributed by atoms with Crippen LogP contribution in [0.4, 0.5) is 0 Å². The molecule has 1 N–H and O–H groups in total. The van der Waals surface area contributed by atoms with Gasteiger partial charge in [-0.1, -0.05) is 6.42 Å². The smallest absolute Gasteiger partial charge is 0.236 e. The predicted molar refractivity (Wildman–Crippen MR) is 75.2 cm³/mol. The summed E-state index contributed by atoms with van der Waals surface area (Å²) in [5, 5.41) is 3.21. The largest absolute Gasteiger partial charge is 0.378 e. The fourth-order valence-corrected chi connectivity index (χ4v) is 2.99. The number of ether oxygens (including phenoxy) is 1. The predicted octanol–water partition coefficient (Wildman–Crippen LogP) is 0.309. The first kappa shape index (κ1) is 14.8. The van der Waals surface area contributed by atoms with Crippen LogP contribution in [0, 0.1) is 0 Å². The highest BCUT2D eigenvalue weighted by Gasteiger charge is 2.26. The quantitative estimate of drug-likeness (QED) is 0.780. The third-order valence-corrected chi connectivity index (χ3v) is 4.18. The topological polar surface area (TPSA) is 44.8 Å². The second-order valence-electron chi connectivity index (χ2n) is 5.51. The monoisotopic (exact) mass is 269 g/mol. The lowest BCUT2D eigenvalue weighted by atomic mass is 9.99. The molecule has 2 aliphatic rings. The van der Waals surface area contributed by atoms with Crippen LogP contribution < -0.4 is 5.32 Å². The second kappa shape index (κ2) is 7.82. The van der Waals surface area contributed by atoms with Crippen LogP contribution in [0.15, 0.2) is 0 Å². The molecule has 0 aromatic carbocycles. The van der Waals surface area contributed by atoms with E-state index < -0.39 is 0 Å². The fourth-order valence-electron chi connectivity index (χ4n) is 2.99. The molecule has 5 heteroatoms. The lowest BCUT2D eigenvalue weighted by Crippen LogP contribution is -2.49. The highest BCUT2D eigenvalue weighted by molar-refractivity contribution is 5.78. The van der Waals surface area contributed by atoms with Crippen LogP contribution in [-0.2, 0) is 9.53 Å². The minimum absolute atomic E-state index is 0.277. The van der Waals surface area contributed by atoms with E-state index in [1.54, 1.807) is 0 Å². The van der Waals surface area contributed by atoms with Crippen molar-refractivity contribution in [2.45, 2.75) is 31.7 Å². The summed E-state index contributed by atoms with van der Waals surface area (Å²) in [6, 6.07) is 0.575. The Morgan fingerprint density at radius 2 is 2.05 bits per heavy atom. The second-order valence-corrected chi connectivity index (χ2v) is 5.51. The molecule has 1 unspecified atom stereocenters. The maximum atomic E-state index is 12.3. The van der Waals surface area contributed by atoms with Crippen molar-refractivity contribution in [1.82, 2.24) is 15.1 Å². The van der Waals surface area contributed by atoms with Crippen molar-refractivity contribution < 1.29 is 9.53 Å². The van der Waals surface area contributed by atoms with Gasteiger partial charge in [0, 0.05) is 19.1 Å². The summed E-state index contributed by atoms with van der Waals surface area (Å²) in [4.78, 5) is 16.6. The van der Waals surface area contributed by atoms with Gasteiger partial charge in [0.05, 0.1) is 19.8 Å². The molecule has 0 saturated carbocycles. The zero-order chi connectivity index (χ0) is 13.5. The molecule has 0 aromatic rings. The van der Waals surface area contributed by atoms with Crippen LogP contribution >= 0.6 is 0 Å². The van der Waals surface area contributed by atoms with Crippen molar-refractivity contribution in [1.29, 1.82) is 0 Å². The highest BCUT2D eigenvalue weighted by Crippen LogP contribution is 2.19. The van der Waals surface area contributed by atoms with Gasteiger partial charge < -0.3 is 15.0 Å². The molecule has 2 saturated heterocycles. The number of morpholine rings is 1. The van der Waals surface area contributed by atoms with E-state index in [0.29, 0.717) is 25.8 Å². The molecule has 110 valence electrons. The lowest BCUT2D eigenvalue weighted by Gasteiger charge is -2.37. The number of hydrogen-bond donors (Lipinski definition) is 1. The van der Waals surface area contributed by atoms with Gasteiger partial charge in [-0.25, -0.2) is 0 Å². The average molecular weight is 269 g/mol. The summed E-state index contributed by atoms with van der Waals surface area (Å²) in [5.74, 6) is 0.277. The zero-order valence-electron chi connectivity index (χ0n) is 12.1. The third-order valence-electron chi connectivity index (χ3n) is 4.18. The van der Waals surface area contributed by atoms with Gasteiger partial charge in [-0.2, -0.15) is 0 Å². The molecular weight excluding hydrogens is 242 g/mol. The summed E-state index contributed by atoms with van der Waals surface area (Å²) >= 11 is 0. The minimum atomic E-state index is 0.277. The number of rotatable bonds is 5. The van der Waals surface area contributed by atoms with Gasteiger partial charge in [-0.05, 0) is 39.4 Å². The first-order valence-electron chi connectivity index (χ1n) is 7.55. The van der Waals surface area contributed by atoms with E-state index in [4.69, 9.17) is 4.74 Å². The van der Waals surface area contributed by atoms with Gasteiger partial charge >= 0.3 is 0 Å². The summed E-state index contributed by atoms with van der Waals surface area (Å²) in [7, 11) is 1.99. The van der Waals surface area contributed by atoms with Crippen LogP contribution in [0.2, 0.25) is 0 Å². The lowest BCUT2D eigenvalue weighted by molar-refractivity contribution is -0.137. The maximum Gasteiger partial charge on any atom is 0.236 e. The average Bonchev–Trinajstić information content (AvgIpc) is 2.47. The van der Waals surface area contributed by atoms with Crippen molar-refractivity contribution >= 4 is 5.91 Å². The molecule has 1 amide bonds. The summed E-state index contributed by atoms with van der Waals surface area (Å²) in [6.07, 6.45) is 4.91. The van der Waals surface area contributed by atoms with Crippen molar-refractivity contribution in [2.75, 3.05) is 53.0 Å². The third kappa shape index (κ3) is 4.44. The number of hydrogen-bond acceptors (Lipinski definition) is 4. The Balaban J connectivity index is 1.82. The Morgan fingerprint density at radius 1 is 1.26 bits per heavy atom. The number of nitrogens with one attached hydrogen (secondary N) is 1. The van der Waals surface area contributed by atoms with E-state index in [1.807, 2.05) is 11.9 Å². The number of carbonyl (C=O) groups is 1. The molecule has 0 aliphatic carbocycles. The Bertz CT molecular complexity index is 280. The highest BCUT2D eigenvalue weighted by atomic mass is 16.5. The van der Waals surface area contributed by atoms with Gasteiger partial charge in [0.15, 0.2) is 0 Å². The van der Waals surface area contributed by atoms with Crippen molar-refractivity contribution in [3.63, 3.8) is 0 Å². The van der Waals surface area contributed by atoms with Crippen molar-refractivity contribution in [3.8, 4) is 0 Å². The molecule has 0 radical (unpaired) electrons. The zero-order valence-corrected chi connectivity index (χ0v) is 12.1. The van der Waals surface area contributed by atoms with E-state index in [9.17, 15) is 4.79 Å². The molecule has 2 heterocycles. The van der Waals surface area contributed by atoms with E-state index in [0.717, 1.165) is 32.6 Å². The van der Waals surface area contributed by atoms with Crippen LogP contribution in [0.5, 0.6) is 0 Å². The normalized spacial score (nSPS) is 25.5. The van der Waals surface area contributed by atoms with Gasteiger partial charge in [0.2, 0.25) is 5.91 Å².